The van der Waals surface area contributed by atoms with Gasteiger partial charge in [-0.15, -0.1) is 6.58 Å². The van der Waals surface area contributed by atoms with Gasteiger partial charge in [0.05, 0.1) is 23.9 Å². The highest BCUT2D eigenvalue weighted by molar-refractivity contribution is 7.90. The molecule has 4 N–H and O–H groups in total. The third-order valence-electron chi connectivity index (χ3n) is 9.75. The molecule has 5 atom stereocenters. The van der Waals surface area contributed by atoms with Crippen molar-refractivity contribution in [2.75, 3.05) is 31.6 Å². The van der Waals surface area contributed by atoms with Crippen molar-refractivity contribution in [1.82, 2.24) is 26.2 Å². The van der Waals surface area contributed by atoms with Crippen LogP contribution in [0.15, 0.2) is 12.7 Å². The lowest BCUT2D eigenvalue weighted by molar-refractivity contribution is -0.144. The van der Waals surface area contributed by atoms with Gasteiger partial charge in [0.2, 0.25) is 11.8 Å². The molecule has 2 aliphatic carbocycles. The number of rotatable bonds is 14. The second-order valence-electron chi connectivity index (χ2n) is 14.9. The number of carbonyl (C=O) groups is 4. The zero-order valence-corrected chi connectivity index (χ0v) is 28.6. The smallest absolute Gasteiger partial charge is 0.315 e. The number of fused-ring (bicyclic) bond motifs is 1. The predicted molar refractivity (Wildman–Crippen MR) is 172 cm³/mol. The number of carbonyl (C=O) groups excluding carboxylic acids is 4. The number of likely N-dealkylation sites (tertiary alicyclic amines) is 1. The van der Waals surface area contributed by atoms with Crippen LogP contribution in [0.3, 0.4) is 0 Å². The van der Waals surface area contributed by atoms with Gasteiger partial charge in [-0.1, -0.05) is 73.3 Å². The van der Waals surface area contributed by atoms with Crippen molar-refractivity contribution in [3.8, 4) is 0 Å². The molecule has 4 amide bonds. The summed E-state index contributed by atoms with van der Waals surface area (Å²) >= 11 is 0. The maximum Gasteiger partial charge on any atom is 0.315 e. The number of nitrogens with zero attached hydrogens (tertiary/aromatic N) is 1. The van der Waals surface area contributed by atoms with Crippen LogP contribution in [0.2, 0.25) is 0 Å². The van der Waals surface area contributed by atoms with Crippen molar-refractivity contribution >= 4 is 33.5 Å². The van der Waals surface area contributed by atoms with Gasteiger partial charge in [0, 0.05) is 19.3 Å². The lowest BCUT2D eigenvalue weighted by atomic mass is 9.83. The summed E-state index contributed by atoms with van der Waals surface area (Å²) in [4.78, 5) is 56.1. The zero-order valence-electron chi connectivity index (χ0n) is 27.8. The first-order valence-corrected chi connectivity index (χ1v) is 18.1. The molecule has 1 aliphatic heterocycles. The largest absolute Gasteiger partial charge is 0.344 e. The summed E-state index contributed by atoms with van der Waals surface area (Å²) in [5.41, 5.74) is -1.72. The van der Waals surface area contributed by atoms with Crippen molar-refractivity contribution in [2.24, 2.45) is 22.7 Å². The number of sulfone groups is 1. The normalized spacial score (nSPS) is 25.2. The van der Waals surface area contributed by atoms with E-state index in [-0.39, 0.29) is 47.1 Å². The highest BCUT2D eigenvalue weighted by atomic mass is 32.2. The Hall–Kier alpha value is -2.47. The SMILES string of the molecule is C=CCNCC(=O)C(CCC)NC(=O)[C@@H]1[C@@H]2C(CN1C(=O)[C@@H](NC(=O)NC1(CS(C)(=O)=O)CCCCC1)C(C)(C)C)C2(C)C. The van der Waals surface area contributed by atoms with Gasteiger partial charge in [-0.2, -0.15) is 0 Å². The quantitative estimate of drug-likeness (QED) is 0.169. The Balaban J connectivity index is 1.81. The number of hydrogen-bond donors (Lipinski definition) is 4. The number of hydrogen-bond acceptors (Lipinski definition) is 7. The lowest BCUT2D eigenvalue weighted by Gasteiger charge is -2.40. The number of urea groups is 1. The molecule has 2 unspecified atom stereocenters. The van der Waals surface area contributed by atoms with E-state index in [0.717, 1.165) is 19.3 Å². The number of nitrogens with one attached hydrogen (secondary N) is 4. The Kier molecular flexibility index (Phi) is 11.4. The second kappa shape index (κ2) is 13.9. The first kappa shape index (κ1) is 36.0. The van der Waals surface area contributed by atoms with Crippen LogP contribution in [0.4, 0.5) is 4.79 Å². The number of Topliss-reactive ketones (excluding diaryl/α,β-unsaturated/α-hetero) is 1. The molecular formula is C32H55N5O6S. The van der Waals surface area contributed by atoms with Crippen LogP contribution < -0.4 is 21.3 Å². The van der Waals surface area contributed by atoms with E-state index in [4.69, 9.17) is 0 Å². The molecule has 0 bridgehead atoms. The molecule has 44 heavy (non-hydrogen) atoms. The van der Waals surface area contributed by atoms with Crippen molar-refractivity contribution in [3.05, 3.63) is 12.7 Å². The van der Waals surface area contributed by atoms with Crippen molar-refractivity contribution in [2.45, 2.75) is 110 Å². The number of piperidine rings is 1. The fourth-order valence-electron chi connectivity index (χ4n) is 7.35. The van der Waals surface area contributed by atoms with Gasteiger partial charge >= 0.3 is 6.03 Å². The van der Waals surface area contributed by atoms with E-state index in [0.29, 0.717) is 38.8 Å². The van der Waals surface area contributed by atoms with Gasteiger partial charge in [0.15, 0.2) is 5.78 Å². The van der Waals surface area contributed by atoms with E-state index in [2.05, 4.69) is 41.7 Å². The van der Waals surface area contributed by atoms with Gasteiger partial charge in [-0.05, 0) is 41.9 Å². The molecule has 0 spiro atoms. The van der Waals surface area contributed by atoms with Crippen LogP contribution in [-0.2, 0) is 24.2 Å². The molecule has 2 saturated carbocycles. The van der Waals surface area contributed by atoms with Crippen molar-refractivity contribution in [1.29, 1.82) is 0 Å². The Morgan fingerprint density at radius 3 is 2.25 bits per heavy atom. The average molecular weight is 638 g/mol. The highest BCUT2D eigenvalue weighted by Crippen LogP contribution is 2.65. The minimum absolute atomic E-state index is 0.0579. The first-order valence-electron chi connectivity index (χ1n) is 16.1. The molecule has 12 heteroatoms. The molecule has 3 rings (SSSR count). The highest BCUT2D eigenvalue weighted by Gasteiger charge is 2.69. The molecule has 0 aromatic rings. The van der Waals surface area contributed by atoms with E-state index in [9.17, 15) is 27.6 Å². The summed E-state index contributed by atoms with van der Waals surface area (Å²) in [7, 11) is -3.36. The molecule has 1 saturated heterocycles. The van der Waals surface area contributed by atoms with E-state index >= 15 is 0 Å². The predicted octanol–water partition coefficient (Wildman–Crippen LogP) is 2.56. The third-order valence-corrected chi connectivity index (χ3v) is 10.8. The first-order chi connectivity index (χ1) is 20.4. The third kappa shape index (κ3) is 8.62. The molecule has 0 aromatic heterocycles. The van der Waals surface area contributed by atoms with Crippen molar-refractivity contribution < 1.29 is 27.6 Å². The summed E-state index contributed by atoms with van der Waals surface area (Å²) in [5, 5.41) is 11.8. The minimum atomic E-state index is -3.36. The Morgan fingerprint density at radius 2 is 1.70 bits per heavy atom. The number of ketones is 1. The van der Waals surface area contributed by atoms with Crippen LogP contribution in [0, 0.1) is 22.7 Å². The molecule has 0 radical (unpaired) electrons. The summed E-state index contributed by atoms with van der Waals surface area (Å²) in [6, 6.07) is -2.99. The van der Waals surface area contributed by atoms with Gasteiger partial charge in [0.1, 0.15) is 21.9 Å². The molecule has 0 aromatic carbocycles. The van der Waals surface area contributed by atoms with Crippen LogP contribution in [0.1, 0.15) is 86.5 Å². The molecule has 1 heterocycles. The van der Waals surface area contributed by atoms with Crippen LogP contribution in [-0.4, -0.2) is 92.3 Å². The molecule has 11 nitrogen and oxygen atoms in total. The molecule has 250 valence electrons. The van der Waals surface area contributed by atoms with Gasteiger partial charge in [0.25, 0.3) is 0 Å². The van der Waals surface area contributed by atoms with Crippen LogP contribution >= 0.6 is 0 Å². The Morgan fingerprint density at radius 1 is 1.07 bits per heavy atom. The van der Waals surface area contributed by atoms with Crippen LogP contribution in [0.25, 0.3) is 0 Å². The molecule has 3 fully saturated rings. The van der Waals surface area contributed by atoms with Gasteiger partial charge in [-0.25, -0.2) is 13.2 Å². The summed E-state index contributed by atoms with van der Waals surface area (Å²) in [5.74, 6) is -0.916. The standard InChI is InChI=1S/C32H55N5O6S/c1-9-14-22(23(38)18-33-17-10-2)34-27(39)25-24-21(31(24,6)7)19-37(25)28(40)26(30(3,4)5)35-29(41)36-32(20-44(8,42)43)15-12-11-13-16-32/h10,21-22,24-26,33H,2,9,11-20H2,1,3-8H3,(H,34,39)(H2,35,36,41)/t21?,22?,24-,25-,26+/m0/s1. The van der Waals surface area contributed by atoms with Crippen LogP contribution in [0.5, 0.6) is 0 Å². The van der Waals surface area contributed by atoms with E-state index in [1.807, 2.05) is 27.7 Å². The maximum atomic E-state index is 14.3. The fraction of sp³-hybridized carbons (Fsp3) is 0.812. The second-order valence-corrected chi connectivity index (χ2v) is 17.1. The zero-order chi connectivity index (χ0) is 33.1. The topological polar surface area (TPSA) is 154 Å². The Labute approximate surface area is 264 Å². The number of amides is 4. The molecule has 3 aliphatic rings. The maximum absolute atomic E-state index is 14.3. The Bertz CT molecular complexity index is 1200. The van der Waals surface area contributed by atoms with E-state index in [1.165, 1.54) is 6.26 Å². The summed E-state index contributed by atoms with van der Waals surface area (Å²) < 4.78 is 24.5. The van der Waals surface area contributed by atoms with E-state index in [1.54, 1.807) is 11.0 Å². The van der Waals surface area contributed by atoms with Gasteiger partial charge in [-0.3, -0.25) is 14.4 Å². The lowest BCUT2D eigenvalue weighted by Crippen LogP contribution is -2.63. The summed E-state index contributed by atoms with van der Waals surface area (Å²) in [6.45, 7) is 16.3. The molecular weight excluding hydrogens is 582 g/mol. The van der Waals surface area contributed by atoms with Gasteiger partial charge < -0.3 is 26.2 Å². The van der Waals surface area contributed by atoms with Crippen molar-refractivity contribution in [3.63, 3.8) is 0 Å². The fourth-order valence-corrected chi connectivity index (χ4v) is 8.72. The minimum Gasteiger partial charge on any atom is -0.344 e. The summed E-state index contributed by atoms with van der Waals surface area (Å²) in [6.07, 6.45) is 7.73. The van der Waals surface area contributed by atoms with E-state index < -0.39 is 44.9 Å². The average Bonchev–Trinajstić information content (AvgIpc) is 3.22. The monoisotopic (exact) mass is 637 g/mol.